The number of hydrogen-bond donors (Lipinski definition) is 2. The molecule has 0 rings (SSSR count). The molecule has 2 atom stereocenters. The molecule has 0 aromatic carbocycles. The zero-order valence-electron chi connectivity index (χ0n) is 17.3. The van der Waals surface area contributed by atoms with Crippen LogP contribution < -0.4 is 5.32 Å². The minimum atomic E-state index is -0.989. The summed E-state index contributed by atoms with van der Waals surface area (Å²) in [4.78, 5) is 27.6. The highest BCUT2D eigenvalue weighted by Gasteiger charge is 2.21. The molecule has 0 aromatic rings. The molecule has 0 spiro atoms. The van der Waals surface area contributed by atoms with Crippen LogP contribution >= 0.6 is 27.7 Å². The van der Waals surface area contributed by atoms with Crippen LogP contribution in [0.2, 0.25) is 0 Å². The SMILES string of the molecule is COC(/C=N/C(=C\SC)CC[C@H](CC(=O)O)NC(=O)OC(C)(C)C)/C=C(\C)Br. The van der Waals surface area contributed by atoms with Gasteiger partial charge in [0.15, 0.2) is 0 Å². The largest absolute Gasteiger partial charge is 0.481 e. The average molecular weight is 479 g/mol. The first-order valence-corrected chi connectivity index (χ1v) is 10.9. The van der Waals surface area contributed by atoms with E-state index in [1.807, 2.05) is 24.7 Å². The Balaban J connectivity index is 5.04. The molecule has 160 valence electrons. The number of halogens is 1. The first-order chi connectivity index (χ1) is 13.0. The molecule has 0 bridgehead atoms. The lowest BCUT2D eigenvalue weighted by Crippen LogP contribution is -2.40. The van der Waals surface area contributed by atoms with Crippen molar-refractivity contribution in [1.29, 1.82) is 0 Å². The van der Waals surface area contributed by atoms with Gasteiger partial charge in [-0.2, -0.15) is 0 Å². The monoisotopic (exact) mass is 478 g/mol. The number of thioether (sulfide) groups is 1. The highest BCUT2D eigenvalue weighted by Crippen LogP contribution is 2.16. The van der Waals surface area contributed by atoms with E-state index >= 15 is 0 Å². The van der Waals surface area contributed by atoms with Gasteiger partial charge in [0.1, 0.15) is 11.7 Å². The van der Waals surface area contributed by atoms with E-state index in [2.05, 4.69) is 26.2 Å². The fourth-order valence-electron chi connectivity index (χ4n) is 2.09. The van der Waals surface area contributed by atoms with Gasteiger partial charge in [0.25, 0.3) is 0 Å². The molecule has 1 unspecified atom stereocenters. The summed E-state index contributed by atoms with van der Waals surface area (Å²) in [5.74, 6) is -0.989. The van der Waals surface area contributed by atoms with Crippen molar-refractivity contribution in [3.05, 3.63) is 21.7 Å². The number of amides is 1. The molecule has 9 heteroatoms. The molecule has 0 aliphatic heterocycles. The molecule has 0 saturated heterocycles. The number of nitrogens with one attached hydrogen (secondary N) is 1. The number of rotatable bonds is 11. The topological polar surface area (TPSA) is 97.2 Å². The smallest absolute Gasteiger partial charge is 0.407 e. The first kappa shape index (κ1) is 26.7. The molecule has 0 saturated carbocycles. The third-order valence-corrected chi connectivity index (χ3v) is 3.97. The predicted octanol–water partition coefficient (Wildman–Crippen LogP) is 4.72. The number of aliphatic carboxylic acids is 1. The number of methoxy groups -OCH3 is 1. The summed E-state index contributed by atoms with van der Waals surface area (Å²) in [6, 6.07) is -0.560. The van der Waals surface area contributed by atoms with Crippen LogP contribution in [0.25, 0.3) is 0 Å². The van der Waals surface area contributed by atoms with E-state index in [0.717, 1.165) is 10.2 Å². The van der Waals surface area contributed by atoms with Crippen LogP contribution in [0.1, 0.15) is 47.0 Å². The number of carboxylic acids is 1. The van der Waals surface area contributed by atoms with Gasteiger partial charge < -0.3 is 19.9 Å². The Morgan fingerprint density at radius 2 is 2.00 bits per heavy atom. The predicted molar refractivity (Wildman–Crippen MR) is 118 cm³/mol. The zero-order chi connectivity index (χ0) is 21.7. The summed E-state index contributed by atoms with van der Waals surface area (Å²) >= 11 is 4.86. The van der Waals surface area contributed by atoms with Crippen molar-refractivity contribution in [2.45, 2.75) is 64.7 Å². The van der Waals surface area contributed by atoms with E-state index in [9.17, 15) is 9.59 Å². The van der Waals surface area contributed by atoms with Gasteiger partial charge in [-0.3, -0.25) is 9.79 Å². The van der Waals surface area contributed by atoms with Crippen molar-refractivity contribution in [2.75, 3.05) is 13.4 Å². The molecule has 0 fully saturated rings. The lowest BCUT2D eigenvalue weighted by Gasteiger charge is -2.23. The van der Waals surface area contributed by atoms with E-state index < -0.39 is 23.7 Å². The Bertz CT molecular complexity index is 596. The van der Waals surface area contributed by atoms with E-state index in [0.29, 0.717) is 12.8 Å². The molecular formula is C19H31BrN2O5S. The molecule has 0 radical (unpaired) electrons. The second-order valence-corrected chi connectivity index (χ2v) is 9.01. The summed E-state index contributed by atoms with van der Waals surface area (Å²) in [5.41, 5.74) is 0.124. The number of ether oxygens (including phenoxy) is 2. The van der Waals surface area contributed by atoms with Crippen molar-refractivity contribution in [3.8, 4) is 0 Å². The minimum absolute atomic E-state index is 0.193. The maximum absolute atomic E-state index is 12.0. The Morgan fingerprint density at radius 1 is 1.36 bits per heavy atom. The number of aliphatic imine (C=N–C) groups is 1. The van der Waals surface area contributed by atoms with E-state index in [1.54, 1.807) is 34.1 Å². The maximum Gasteiger partial charge on any atom is 0.407 e. The fourth-order valence-corrected chi connectivity index (χ4v) is 2.80. The highest BCUT2D eigenvalue weighted by molar-refractivity contribution is 9.11. The van der Waals surface area contributed by atoms with E-state index in [-0.39, 0.29) is 12.5 Å². The molecule has 1 amide bonds. The Hall–Kier alpha value is -1.32. The van der Waals surface area contributed by atoms with Gasteiger partial charge >= 0.3 is 12.1 Å². The standard InChI is InChI=1S/C19H31BrN2O5S/c1-13(20)9-16(26-5)11-21-15(12-28-6)8-7-14(10-17(23)24)22-18(25)27-19(2,3)4/h9,11-12,14,16H,7-8,10H2,1-6H3,(H,22,25)(H,23,24)/b13-9+,15-12-,21-11+/t14-,16?/m1/s1. The normalized spacial score (nSPS) is 15.4. The Morgan fingerprint density at radius 3 is 2.46 bits per heavy atom. The van der Waals surface area contributed by atoms with Crippen LogP contribution in [0, 0.1) is 0 Å². The number of alkyl carbamates (subject to hydrolysis) is 1. The third kappa shape index (κ3) is 14.7. The van der Waals surface area contributed by atoms with Crippen molar-refractivity contribution in [3.63, 3.8) is 0 Å². The summed E-state index contributed by atoms with van der Waals surface area (Å²) in [5, 5.41) is 13.6. The lowest BCUT2D eigenvalue weighted by atomic mass is 10.1. The van der Waals surface area contributed by atoms with Gasteiger partial charge in [0, 0.05) is 25.1 Å². The third-order valence-electron chi connectivity index (χ3n) is 3.20. The van der Waals surface area contributed by atoms with Gasteiger partial charge in [0.2, 0.25) is 0 Å². The molecular weight excluding hydrogens is 448 g/mol. The molecule has 0 heterocycles. The van der Waals surface area contributed by atoms with Crippen molar-refractivity contribution >= 4 is 46.0 Å². The second-order valence-electron chi connectivity index (χ2n) is 7.06. The molecule has 28 heavy (non-hydrogen) atoms. The quantitative estimate of drug-likeness (QED) is 0.416. The van der Waals surface area contributed by atoms with Gasteiger partial charge in [-0.25, -0.2) is 4.79 Å². The van der Waals surface area contributed by atoms with Crippen molar-refractivity contribution < 1.29 is 24.2 Å². The minimum Gasteiger partial charge on any atom is -0.481 e. The fraction of sp³-hybridized carbons (Fsp3) is 0.632. The summed E-state index contributed by atoms with van der Waals surface area (Å²) in [6.45, 7) is 7.16. The number of carboxylic acid groups (broad SMARTS) is 1. The van der Waals surface area contributed by atoms with Gasteiger partial charge in [0.05, 0.1) is 6.42 Å². The maximum atomic E-state index is 12.0. The van der Waals surface area contributed by atoms with Gasteiger partial charge in [-0.1, -0.05) is 15.9 Å². The summed E-state index contributed by atoms with van der Waals surface area (Å²) in [6.07, 6.45) is 5.28. The number of carbonyl (C=O) groups excluding carboxylic acids is 1. The molecule has 2 N–H and O–H groups in total. The molecule has 0 aliphatic carbocycles. The van der Waals surface area contributed by atoms with E-state index in [4.69, 9.17) is 14.6 Å². The summed E-state index contributed by atoms with van der Waals surface area (Å²) in [7, 11) is 1.59. The van der Waals surface area contributed by atoms with Crippen LogP contribution in [0.5, 0.6) is 0 Å². The first-order valence-electron chi connectivity index (χ1n) is 8.81. The van der Waals surface area contributed by atoms with Gasteiger partial charge in [-0.15, -0.1) is 11.8 Å². The second kappa shape index (κ2) is 13.8. The Labute approximate surface area is 180 Å². The van der Waals surface area contributed by atoms with Crippen LogP contribution in [0.15, 0.2) is 26.7 Å². The van der Waals surface area contributed by atoms with Crippen LogP contribution in [-0.4, -0.2) is 54.5 Å². The van der Waals surface area contributed by atoms with Crippen LogP contribution in [-0.2, 0) is 14.3 Å². The molecule has 0 aliphatic rings. The van der Waals surface area contributed by atoms with Crippen molar-refractivity contribution in [2.24, 2.45) is 4.99 Å². The van der Waals surface area contributed by atoms with Crippen molar-refractivity contribution in [1.82, 2.24) is 5.32 Å². The van der Waals surface area contributed by atoms with Crippen LogP contribution in [0.3, 0.4) is 0 Å². The summed E-state index contributed by atoms with van der Waals surface area (Å²) < 4.78 is 11.5. The molecule has 7 nitrogen and oxygen atoms in total. The molecule has 0 aromatic heterocycles. The number of allylic oxidation sites excluding steroid dienone is 2. The average Bonchev–Trinajstić information content (AvgIpc) is 2.53. The Kier molecular flexibility index (Phi) is 13.1. The zero-order valence-corrected chi connectivity index (χ0v) is 19.7. The van der Waals surface area contributed by atoms with Crippen LogP contribution in [0.4, 0.5) is 4.79 Å². The lowest BCUT2D eigenvalue weighted by molar-refractivity contribution is -0.137. The number of nitrogens with zero attached hydrogens (tertiary/aromatic N) is 1. The number of hydrogen-bond acceptors (Lipinski definition) is 6. The number of carbonyl (C=O) groups is 2. The van der Waals surface area contributed by atoms with Gasteiger partial charge in [-0.05, 0) is 62.8 Å². The van der Waals surface area contributed by atoms with E-state index in [1.165, 1.54) is 11.8 Å². The highest BCUT2D eigenvalue weighted by atomic mass is 79.9.